The second-order valence-corrected chi connectivity index (χ2v) is 8.36. The molecule has 2 aromatic carbocycles. The van der Waals surface area contributed by atoms with Crippen molar-refractivity contribution in [3.05, 3.63) is 74.9 Å². The minimum atomic E-state index is -1.25. The second-order valence-electron chi connectivity index (χ2n) is 7.37. The van der Waals surface area contributed by atoms with Crippen molar-refractivity contribution in [3.8, 4) is 34.3 Å². The monoisotopic (exact) mass is 509 g/mol. The third-order valence-electron chi connectivity index (χ3n) is 4.93. The van der Waals surface area contributed by atoms with Gasteiger partial charge in [-0.1, -0.05) is 6.07 Å². The van der Waals surface area contributed by atoms with E-state index in [0.717, 1.165) is 17.3 Å². The highest BCUT2D eigenvalue weighted by atomic mass is 32.2. The van der Waals surface area contributed by atoms with Crippen LogP contribution < -0.4 is 9.47 Å². The Hall–Kier alpha value is -4.58. The van der Waals surface area contributed by atoms with E-state index < -0.39 is 10.9 Å². The second kappa shape index (κ2) is 10.4. The number of hydrogen-bond donors (Lipinski definition) is 1. The smallest absolute Gasteiger partial charge is 0.342 e. The molecular weight excluding hydrogens is 490 g/mol. The first kappa shape index (κ1) is 24.5. The van der Waals surface area contributed by atoms with E-state index in [-0.39, 0.29) is 38.8 Å². The number of aromatic nitrogens is 2. The van der Waals surface area contributed by atoms with Crippen molar-refractivity contribution in [2.45, 2.75) is 12.1 Å². The van der Waals surface area contributed by atoms with Crippen LogP contribution in [0.25, 0.3) is 28.9 Å². The molecule has 11 nitrogen and oxygen atoms in total. The minimum absolute atomic E-state index is 0.0126. The standard InChI is InChI=1S/C24H19N3O8S/c1-13-4-6-18(19(8-13)27(30)31)20-7-5-15(34-20)12-21(23(28)29)36-24-26-25-22(35-24)14-9-16(32-2)11-17(10-14)33-3/h4-12H,1-3H3,(H,28,29)/b21-12-. The molecule has 4 rings (SSSR count). The van der Waals surface area contributed by atoms with Gasteiger partial charge in [0.25, 0.3) is 10.9 Å². The number of methoxy groups -OCH3 is 2. The Morgan fingerprint density at radius 3 is 2.42 bits per heavy atom. The van der Waals surface area contributed by atoms with Gasteiger partial charge in [-0.15, -0.1) is 10.2 Å². The summed E-state index contributed by atoms with van der Waals surface area (Å²) in [5.74, 6) is 0.348. The predicted molar refractivity (Wildman–Crippen MR) is 130 cm³/mol. The van der Waals surface area contributed by atoms with Crippen LogP contribution in [-0.2, 0) is 4.79 Å². The number of aryl methyl sites for hydroxylation is 1. The molecule has 0 aliphatic heterocycles. The lowest BCUT2D eigenvalue weighted by molar-refractivity contribution is -0.384. The zero-order valence-electron chi connectivity index (χ0n) is 19.3. The molecule has 0 aliphatic carbocycles. The maximum absolute atomic E-state index is 11.9. The Balaban J connectivity index is 1.60. The number of furan rings is 1. The van der Waals surface area contributed by atoms with E-state index in [1.807, 2.05) is 0 Å². The topological polar surface area (TPSA) is 151 Å². The molecule has 0 fully saturated rings. The van der Waals surface area contributed by atoms with E-state index >= 15 is 0 Å². The molecule has 0 bridgehead atoms. The SMILES string of the molecule is COc1cc(OC)cc(-c2nnc(S/C(=C\c3ccc(-c4ccc(C)cc4[N+](=O)[O-])o3)C(=O)O)o2)c1. The highest BCUT2D eigenvalue weighted by Gasteiger charge is 2.20. The molecule has 0 unspecified atom stereocenters. The van der Waals surface area contributed by atoms with Crippen molar-refractivity contribution in [2.75, 3.05) is 14.2 Å². The maximum atomic E-state index is 11.9. The van der Waals surface area contributed by atoms with Gasteiger partial charge in [-0.25, -0.2) is 4.79 Å². The first-order valence-corrected chi connectivity index (χ1v) is 11.1. The quantitative estimate of drug-likeness (QED) is 0.133. The highest BCUT2D eigenvalue weighted by molar-refractivity contribution is 8.03. The van der Waals surface area contributed by atoms with Gasteiger partial charge >= 0.3 is 5.97 Å². The van der Waals surface area contributed by atoms with E-state index in [4.69, 9.17) is 18.3 Å². The van der Waals surface area contributed by atoms with Crippen LogP contribution in [0.1, 0.15) is 11.3 Å². The number of rotatable bonds is 9. The van der Waals surface area contributed by atoms with Crippen LogP contribution in [-0.4, -0.2) is 40.4 Å². The summed E-state index contributed by atoms with van der Waals surface area (Å²) in [6.07, 6.45) is 1.27. The van der Waals surface area contributed by atoms with Gasteiger partial charge in [0.2, 0.25) is 5.89 Å². The van der Waals surface area contributed by atoms with Crippen molar-refractivity contribution in [3.63, 3.8) is 0 Å². The number of nitrogens with zero attached hydrogens (tertiary/aromatic N) is 3. The largest absolute Gasteiger partial charge is 0.497 e. The Labute approximate surface area is 208 Å². The van der Waals surface area contributed by atoms with Crippen molar-refractivity contribution in [1.82, 2.24) is 10.2 Å². The first-order chi connectivity index (χ1) is 17.3. The van der Waals surface area contributed by atoms with Crippen LogP contribution in [0, 0.1) is 17.0 Å². The number of ether oxygens (including phenoxy) is 2. The molecule has 0 saturated heterocycles. The van der Waals surface area contributed by atoms with Crippen molar-refractivity contribution in [2.24, 2.45) is 0 Å². The van der Waals surface area contributed by atoms with Crippen molar-refractivity contribution in [1.29, 1.82) is 0 Å². The average Bonchev–Trinajstić information content (AvgIpc) is 3.53. The first-order valence-electron chi connectivity index (χ1n) is 10.3. The van der Waals surface area contributed by atoms with Crippen molar-refractivity contribution < 1.29 is 33.1 Å². The zero-order chi connectivity index (χ0) is 25.8. The number of nitro groups is 1. The molecule has 0 amide bonds. The fourth-order valence-electron chi connectivity index (χ4n) is 3.23. The Kier molecular flexibility index (Phi) is 7.06. The van der Waals surface area contributed by atoms with Gasteiger partial charge in [-0.2, -0.15) is 0 Å². The lowest BCUT2D eigenvalue weighted by Crippen LogP contribution is -1.96. The fraction of sp³-hybridized carbons (Fsp3) is 0.125. The van der Waals surface area contributed by atoms with Crippen LogP contribution >= 0.6 is 11.8 Å². The number of carbonyl (C=O) groups is 1. The van der Waals surface area contributed by atoms with Gasteiger partial charge in [0.1, 0.15) is 27.9 Å². The number of aliphatic carboxylic acids is 1. The number of thioether (sulfide) groups is 1. The summed E-state index contributed by atoms with van der Waals surface area (Å²) in [6, 6.07) is 12.8. The predicted octanol–water partition coefficient (Wildman–Crippen LogP) is 5.45. The molecule has 4 aromatic rings. The fourth-order valence-corrected chi connectivity index (χ4v) is 3.89. The number of benzene rings is 2. The number of carboxylic acids is 1. The van der Waals surface area contributed by atoms with Gasteiger partial charge in [0.15, 0.2) is 0 Å². The van der Waals surface area contributed by atoms with Gasteiger partial charge in [-0.3, -0.25) is 10.1 Å². The van der Waals surface area contributed by atoms with E-state index in [0.29, 0.717) is 17.1 Å². The van der Waals surface area contributed by atoms with E-state index in [1.165, 1.54) is 38.5 Å². The van der Waals surface area contributed by atoms with Gasteiger partial charge in [-0.05, 0) is 54.6 Å². The lowest BCUT2D eigenvalue weighted by Gasteiger charge is -2.05. The number of carboxylic acid groups (broad SMARTS) is 1. The molecule has 0 spiro atoms. The summed E-state index contributed by atoms with van der Waals surface area (Å²) in [4.78, 5) is 22.6. The summed E-state index contributed by atoms with van der Waals surface area (Å²) in [6.45, 7) is 1.75. The van der Waals surface area contributed by atoms with Crippen LogP contribution in [0.15, 0.2) is 67.5 Å². The molecule has 184 valence electrons. The zero-order valence-corrected chi connectivity index (χ0v) is 20.1. The molecule has 0 radical (unpaired) electrons. The maximum Gasteiger partial charge on any atom is 0.342 e. The summed E-state index contributed by atoms with van der Waals surface area (Å²) < 4.78 is 21.8. The Bertz CT molecular complexity index is 1450. The van der Waals surface area contributed by atoms with Crippen LogP contribution in [0.4, 0.5) is 5.69 Å². The molecule has 2 aromatic heterocycles. The summed E-state index contributed by atoms with van der Waals surface area (Å²) in [7, 11) is 3.02. The molecule has 0 saturated carbocycles. The molecular formula is C24H19N3O8S. The average molecular weight is 509 g/mol. The summed E-state index contributed by atoms with van der Waals surface area (Å²) in [5.41, 5.74) is 1.43. The lowest BCUT2D eigenvalue weighted by atomic mass is 10.1. The van der Waals surface area contributed by atoms with E-state index in [9.17, 15) is 20.0 Å². The molecule has 36 heavy (non-hydrogen) atoms. The molecule has 0 aliphatic rings. The number of nitro benzene ring substituents is 1. The third-order valence-corrected chi connectivity index (χ3v) is 5.78. The van der Waals surface area contributed by atoms with Gasteiger partial charge < -0.3 is 23.4 Å². The normalized spacial score (nSPS) is 11.4. The Morgan fingerprint density at radius 1 is 1.06 bits per heavy atom. The van der Waals surface area contributed by atoms with E-state index in [2.05, 4.69) is 10.2 Å². The molecule has 0 atom stereocenters. The van der Waals surface area contributed by atoms with Gasteiger partial charge in [0.05, 0.1) is 24.7 Å². The molecule has 12 heteroatoms. The summed E-state index contributed by atoms with van der Waals surface area (Å²) in [5, 5.41) is 29.0. The number of hydrogen-bond acceptors (Lipinski definition) is 10. The van der Waals surface area contributed by atoms with E-state index in [1.54, 1.807) is 37.3 Å². The van der Waals surface area contributed by atoms with Crippen LogP contribution in [0.3, 0.4) is 0 Å². The summed E-state index contributed by atoms with van der Waals surface area (Å²) >= 11 is 0.733. The van der Waals surface area contributed by atoms with Gasteiger partial charge in [0, 0.05) is 23.8 Å². The van der Waals surface area contributed by atoms with Crippen molar-refractivity contribution >= 4 is 29.5 Å². The molecule has 2 heterocycles. The van der Waals surface area contributed by atoms with Crippen LogP contribution in [0.5, 0.6) is 11.5 Å². The Morgan fingerprint density at radius 2 is 1.78 bits per heavy atom. The highest BCUT2D eigenvalue weighted by Crippen LogP contribution is 2.35. The minimum Gasteiger partial charge on any atom is -0.497 e. The molecule has 1 N–H and O–H groups in total. The van der Waals surface area contributed by atoms with Crippen LogP contribution in [0.2, 0.25) is 0 Å². The third kappa shape index (κ3) is 5.39.